The quantitative estimate of drug-likeness (QED) is 0.0741. The topological polar surface area (TPSA) is 207 Å². The number of nitrogens with zero attached hydrogens (tertiary/aromatic N) is 10. The molecule has 2 aromatic heterocycles. The normalized spacial score (nSPS) is 15.2. The van der Waals surface area contributed by atoms with Gasteiger partial charge in [0.2, 0.25) is 0 Å². The molecule has 5 heterocycles. The monoisotopic (exact) mass is 1240 g/mol. The van der Waals surface area contributed by atoms with Crippen LogP contribution in [0.1, 0.15) is 39.3 Å². The van der Waals surface area contributed by atoms with E-state index in [-0.39, 0.29) is 55.0 Å². The third kappa shape index (κ3) is 15.7. The number of aliphatic hydroxyl groups is 1. The third-order valence-corrected chi connectivity index (χ3v) is 16.0. The minimum Gasteiger partial charge on any atom is -0.489 e. The molecular formula is C66H75Cl2N11O9. The molecular weight excluding hydrogens is 1160 g/mol. The van der Waals surface area contributed by atoms with Crippen molar-refractivity contribution >= 4 is 68.2 Å². The van der Waals surface area contributed by atoms with Crippen LogP contribution in [0.5, 0.6) is 23.0 Å². The lowest BCUT2D eigenvalue weighted by atomic mass is 10.1. The van der Waals surface area contributed by atoms with Crippen molar-refractivity contribution in [1.82, 2.24) is 43.6 Å². The molecule has 11 rings (SSSR count). The number of carbonyl (C=O) groups excluding carboxylic acids is 2. The molecule has 88 heavy (non-hydrogen) atoms. The molecule has 0 aliphatic carbocycles. The minimum absolute atomic E-state index is 0.0385. The number of halogens is 2. The van der Waals surface area contributed by atoms with Crippen LogP contribution in [0.3, 0.4) is 0 Å². The number of nitrogens with two attached hydrogens (primary N) is 1. The number of hydrogen-bond donors (Lipinski definition) is 2. The summed E-state index contributed by atoms with van der Waals surface area (Å²) < 4.78 is 26.8. The van der Waals surface area contributed by atoms with Crippen molar-refractivity contribution in [3.8, 4) is 34.4 Å². The highest BCUT2D eigenvalue weighted by Crippen LogP contribution is 2.29. The SMILES string of the molecule is CC(C)Oc1ccccc1-n1c(CN2CCN(C(=O)COc3ccc(Cl)cc3)CC2)nc2ccc(N)cc2c1=O.CC(C)Oc1ccccc1-n1c(CN2CCN(C(=O)COc3ccc(Cl)cc3)CC2)nc2ccc(N3CCN(CCO)CC3)cc2c1=O. The molecule has 22 heteroatoms. The zero-order valence-electron chi connectivity index (χ0n) is 50.1. The van der Waals surface area contributed by atoms with Crippen molar-refractivity contribution in [2.24, 2.45) is 0 Å². The number of benzene rings is 6. The van der Waals surface area contributed by atoms with Crippen LogP contribution in [0.15, 0.2) is 143 Å². The number of rotatable bonds is 19. The number of hydrogen-bond acceptors (Lipinski definition) is 16. The molecule has 3 saturated heterocycles. The molecule has 462 valence electrons. The van der Waals surface area contributed by atoms with Gasteiger partial charge in [-0.25, -0.2) is 9.97 Å². The molecule has 8 aromatic rings. The second-order valence-corrected chi connectivity index (χ2v) is 23.3. The second-order valence-electron chi connectivity index (χ2n) is 22.4. The van der Waals surface area contributed by atoms with Gasteiger partial charge in [0.15, 0.2) is 13.2 Å². The highest BCUT2D eigenvalue weighted by atomic mass is 35.5. The first-order valence-corrected chi connectivity index (χ1v) is 30.6. The number of aliphatic hydroxyl groups excluding tert-OH is 1. The van der Waals surface area contributed by atoms with Crippen molar-refractivity contribution in [2.75, 3.05) is 116 Å². The Morgan fingerprint density at radius 2 is 0.955 bits per heavy atom. The molecule has 3 fully saturated rings. The lowest BCUT2D eigenvalue weighted by molar-refractivity contribution is -0.135. The van der Waals surface area contributed by atoms with Gasteiger partial charge in [0.05, 0.1) is 65.1 Å². The Kier molecular flexibility index (Phi) is 20.8. The average Bonchev–Trinajstić information content (AvgIpc) is 3.25. The smallest absolute Gasteiger partial charge is 0.266 e. The number of aromatic nitrogens is 4. The first-order chi connectivity index (χ1) is 42.6. The Hall–Kier alpha value is -8.24. The fourth-order valence-electron chi connectivity index (χ4n) is 11.0. The van der Waals surface area contributed by atoms with E-state index in [0.717, 1.165) is 31.9 Å². The van der Waals surface area contributed by atoms with Crippen molar-refractivity contribution in [3.05, 3.63) is 176 Å². The average molecular weight is 1240 g/mol. The van der Waals surface area contributed by atoms with E-state index in [0.29, 0.717) is 156 Å². The number of carbonyl (C=O) groups is 2. The maximum Gasteiger partial charge on any atom is 0.266 e. The summed E-state index contributed by atoms with van der Waals surface area (Å²) >= 11 is 11.9. The van der Waals surface area contributed by atoms with Gasteiger partial charge in [0.25, 0.3) is 22.9 Å². The van der Waals surface area contributed by atoms with Gasteiger partial charge < -0.3 is 44.5 Å². The summed E-state index contributed by atoms with van der Waals surface area (Å²) in [6, 6.07) is 40.0. The Labute approximate surface area is 521 Å². The van der Waals surface area contributed by atoms with Gasteiger partial charge in [-0.3, -0.25) is 43.0 Å². The van der Waals surface area contributed by atoms with Crippen LogP contribution in [-0.2, 0) is 22.7 Å². The summed E-state index contributed by atoms with van der Waals surface area (Å²) in [5.74, 6) is 3.47. The van der Waals surface area contributed by atoms with Gasteiger partial charge >= 0.3 is 0 Å². The first kappa shape index (κ1) is 62.8. The van der Waals surface area contributed by atoms with Gasteiger partial charge in [-0.15, -0.1) is 0 Å². The Balaban J connectivity index is 0.000000198. The van der Waals surface area contributed by atoms with E-state index in [4.69, 9.17) is 57.9 Å². The number of para-hydroxylation sites is 4. The van der Waals surface area contributed by atoms with Gasteiger partial charge in [0.1, 0.15) is 34.6 Å². The number of anilines is 2. The molecule has 3 aliphatic rings. The summed E-state index contributed by atoms with van der Waals surface area (Å²) in [6.07, 6.45) is -0.150. The molecule has 0 spiro atoms. The number of nitrogen functional groups attached to an aromatic ring is 1. The number of ether oxygens (including phenoxy) is 4. The van der Waals surface area contributed by atoms with E-state index in [1.165, 1.54) is 0 Å². The summed E-state index contributed by atoms with van der Waals surface area (Å²) in [4.78, 5) is 76.5. The van der Waals surface area contributed by atoms with E-state index in [9.17, 15) is 24.3 Å². The molecule has 0 saturated carbocycles. The molecule has 3 N–H and O–H groups in total. The lowest BCUT2D eigenvalue weighted by Gasteiger charge is -2.36. The highest BCUT2D eigenvalue weighted by Gasteiger charge is 2.28. The molecule has 0 unspecified atom stereocenters. The Morgan fingerprint density at radius 3 is 1.40 bits per heavy atom. The zero-order valence-corrected chi connectivity index (χ0v) is 51.6. The first-order valence-electron chi connectivity index (χ1n) is 29.8. The van der Waals surface area contributed by atoms with Crippen LogP contribution in [0, 0.1) is 0 Å². The summed E-state index contributed by atoms with van der Waals surface area (Å²) in [6.45, 7) is 17.5. The molecule has 0 radical (unpaired) electrons. The Bertz CT molecular complexity index is 3820. The number of fused-ring (bicyclic) bond motifs is 2. The maximum atomic E-state index is 14.5. The largest absolute Gasteiger partial charge is 0.489 e. The summed E-state index contributed by atoms with van der Waals surface area (Å²) in [7, 11) is 0. The van der Waals surface area contributed by atoms with Crippen LogP contribution < -0.4 is 40.7 Å². The van der Waals surface area contributed by atoms with Crippen LogP contribution in [0.25, 0.3) is 33.2 Å². The molecule has 6 aromatic carbocycles. The molecule has 3 aliphatic heterocycles. The second kappa shape index (κ2) is 29.2. The summed E-state index contributed by atoms with van der Waals surface area (Å²) in [5, 5.41) is 11.5. The molecule has 0 atom stereocenters. The van der Waals surface area contributed by atoms with E-state index >= 15 is 0 Å². The zero-order chi connectivity index (χ0) is 61.8. The van der Waals surface area contributed by atoms with E-state index < -0.39 is 0 Å². The van der Waals surface area contributed by atoms with Crippen molar-refractivity contribution < 1.29 is 33.6 Å². The standard InChI is InChI=1S/C36H43ClN6O5.C30H32ClN5O4/c1-26(2)48-33-6-4-3-5-32(33)43-34(24-40-15-19-42(20-16-40)35(45)25-47-29-10-7-27(37)8-11-29)38-31-12-9-28(23-30(31)36(43)46)41-17-13-39(14-18-41)21-22-44;1-20(2)40-27-6-4-3-5-26(27)36-28(33-25-12-9-22(32)17-24(25)30(36)38)18-34-13-15-35(16-14-34)29(37)19-39-23-10-7-21(31)8-11-23/h3-12,23,26,44H,13-22,24-25H2,1-2H3;3-12,17,20H,13-16,18-19,32H2,1-2H3. The number of β-amino-alcohol motifs (C(OH)–C–C–N with tert-alkyl or cyclic N) is 1. The molecule has 2 amide bonds. The van der Waals surface area contributed by atoms with Gasteiger partial charge in [0, 0.05) is 107 Å². The number of amides is 2. The van der Waals surface area contributed by atoms with E-state index in [1.807, 2.05) is 99.3 Å². The van der Waals surface area contributed by atoms with E-state index in [1.54, 1.807) is 80.8 Å². The molecule has 20 nitrogen and oxygen atoms in total. The van der Waals surface area contributed by atoms with Crippen LogP contribution >= 0.6 is 23.2 Å². The number of piperazine rings is 3. The van der Waals surface area contributed by atoms with Gasteiger partial charge in [-0.1, -0.05) is 47.5 Å². The fraction of sp³-hybridized carbons (Fsp3) is 0.364. The van der Waals surface area contributed by atoms with Gasteiger partial charge in [-0.05, 0) is 137 Å². The highest BCUT2D eigenvalue weighted by molar-refractivity contribution is 6.30. The van der Waals surface area contributed by atoms with Crippen molar-refractivity contribution in [1.29, 1.82) is 0 Å². The van der Waals surface area contributed by atoms with Gasteiger partial charge in [-0.2, -0.15) is 0 Å². The Morgan fingerprint density at radius 1 is 0.534 bits per heavy atom. The predicted octanol–water partition coefficient (Wildman–Crippen LogP) is 7.80. The van der Waals surface area contributed by atoms with Crippen LogP contribution in [0.2, 0.25) is 10.0 Å². The van der Waals surface area contributed by atoms with Crippen molar-refractivity contribution in [3.63, 3.8) is 0 Å². The maximum absolute atomic E-state index is 14.5. The minimum atomic E-state index is -0.208. The third-order valence-electron chi connectivity index (χ3n) is 15.5. The van der Waals surface area contributed by atoms with Crippen LogP contribution in [-0.4, -0.2) is 178 Å². The summed E-state index contributed by atoms with van der Waals surface area (Å²) in [5.41, 5.74) is 9.63. The van der Waals surface area contributed by atoms with Crippen molar-refractivity contribution in [2.45, 2.75) is 53.0 Å². The predicted molar refractivity (Wildman–Crippen MR) is 344 cm³/mol. The van der Waals surface area contributed by atoms with Crippen LogP contribution in [0.4, 0.5) is 11.4 Å². The fourth-order valence-corrected chi connectivity index (χ4v) is 11.2. The van der Waals surface area contributed by atoms with E-state index in [2.05, 4.69) is 19.6 Å². The molecule has 0 bridgehead atoms. The lowest BCUT2D eigenvalue weighted by Crippen LogP contribution is -2.50.